The second-order valence-corrected chi connectivity index (χ2v) is 10.7. The minimum absolute atomic E-state index is 0.110. The van der Waals surface area contributed by atoms with Crippen LogP contribution in [-0.4, -0.2) is 43.2 Å². The van der Waals surface area contributed by atoms with Gasteiger partial charge < -0.3 is 10.6 Å². The lowest BCUT2D eigenvalue weighted by Gasteiger charge is -2.29. The largest absolute Gasteiger partial charge is 0.383 e. The number of unbranched alkanes of at least 4 members (excludes halogenated alkanes) is 1. The zero-order valence-corrected chi connectivity index (χ0v) is 21.3. The second-order valence-electron chi connectivity index (χ2n) is 8.78. The predicted molar refractivity (Wildman–Crippen MR) is 136 cm³/mol. The number of amides is 1. The van der Waals surface area contributed by atoms with Crippen molar-refractivity contribution in [2.75, 3.05) is 34.3 Å². The van der Waals surface area contributed by atoms with E-state index in [0.29, 0.717) is 24.1 Å². The Bertz CT molecular complexity index is 1230. The van der Waals surface area contributed by atoms with E-state index < -0.39 is 33.7 Å². The van der Waals surface area contributed by atoms with E-state index in [2.05, 4.69) is 4.98 Å². The molecular weight excluding hydrogens is 458 g/mol. The molecule has 1 heterocycles. The molecule has 0 spiro atoms. The molecule has 0 saturated carbocycles. The lowest BCUT2D eigenvalue weighted by molar-refractivity contribution is -0.117. The zero-order chi connectivity index (χ0) is 25.6. The van der Waals surface area contributed by atoms with Gasteiger partial charge in [0.25, 0.3) is 5.56 Å². The number of H-pyrrole nitrogens is 1. The van der Waals surface area contributed by atoms with Gasteiger partial charge in [-0.2, -0.15) is 0 Å². The maximum Gasteiger partial charge on any atom is 0.330 e. The van der Waals surface area contributed by atoms with E-state index in [4.69, 9.17) is 5.73 Å². The molecule has 0 atom stereocenters. The monoisotopic (exact) mass is 493 g/mol. The molecule has 1 aromatic heterocycles. The summed E-state index contributed by atoms with van der Waals surface area (Å²) in [7, 11) is -3.82. The Hall–Kier alpha value is -3.08. The normalized spacial score (nSPS) is 11.6. The van der Waals surface area contributed by atoms with Crippen molar-refractivity contribution in [1.82, 2.24) is 9.55 Å². The number of hydrogen-bond donors (Lipinski definition) is 2. The van der Waals surface area contributed by atoms with Gasteiger partial charge in [-0.15, -0.1) is 0 Å². The number of aromatic amines is 1. The topological polar surface area (TPSA) is 139 Å². The summed E-state index contributed by atoms with van der Waals surface area (Å²) in [5.41, 5.74) is 5.73. The van der Waals surface area contributed by atoms with Gasteiger partial charge in [-0.25, -0.2) is 13.2 Å². The standard InChI is InChI=1S/C23H35N5O5S/c1-6-7-13-27-21(24)20(22(30)25-23(27)31)26(14-12-16(2)3)19(29)15-28(34(5,32)33)18-11-9-8-10-17(18)4/h8-11,16H,6-7,12-15,24H2,1-5H3,(H,25,30,31). The lowest BCUT2D eigenvalue weighted by Crippen LogP contribution is -2.47. The SMILES string of the molecule is CCCCn1c(N)c(N(CCC(C)C)C(=O)CN(c2ccccc2C)S(C)(=O)=O)c(=O)[nH]c1=O. The van der Waals surface area contributed by atoms with Crippen LogP contribution in [0.4, 0.5) is 17.2 Å². The molecule has 2 aromatic rings. The molecule has 0 unspecified atom stereocenters. The number of nitrogens with zero attached hydrogens (tertiary/aromatic N) is 3. The first kappa shape index (κ1) is 27.2. The molecule has 2 rings (SSSR count). The van der Waals surface area contributed by atoms with Crippen LogP contribution in [0.5, 0.6) is 0 Å². The van der Waals surface area contributed by atoms with Crippen LogP contribution in [-0.2, 0) is 21.4 Å². The summed E-state index contributed by atoms with van der Waals surface area (Å²) in [6.45, 7) is 7.55. The molecule has 1 aromatic carbocycles. The number of carbonyl (C=O) groups is 1. The molecule has 0 aliphatic heterocycles. The van der Waals surface area contributed by atoms with Crippen molar-refractivity contribution in [3.05, 3.63) is 50.7 Å². The average molecular weight is 494 g/mol. The first-order valence-electron chi connectivity index (χ1n) is 11.3. The minimum atomic E-state index is -3.82. The number of benzene rings is 1. The van der Waals surface area contributed by atoms with Crippen LogP contribution in [0.2, 0.25) is 0 Å². The molecule has 0 aliphatic rings. The number of rotatable bonds is 11. The highest BCUT2D eigenvalue weighted by molar-refractivity contribution is 7.92. The van der Waals surface area contributed by atoms with Crippen molar-refractivity contribution in [1.29, 1.82) is 0 Å². The van der Waals surface area contributed by atoms with Crippen molar-refractivity contribution in [2.24, 2.45) is 5.92 Å². The van der Waals surface area contributed by atoms with Gasteiger partial charge in [0.2, 0.25) is 15.9 Å². The Morgan fingerprint density at radius 2 is 1.85 bits per heavy atom. The number of aryl methyl sites for hydroxylation is 1. The van der Waals surface area contributed by atoms with Crippen LogP contribution in [0, 0.1) is 12.8 Å². The van der Waals surface area contributed by atoms with E-state index in [1.54, 1.807) is 31.2 Å². The Balaban J connectivity index is 2.59. The van der Waals surface area contributed by atoms with Gasteiger partial charge in [0.1, 0.15) is 12.4 Å². The van der Waals surface area contributed by atoms with Gasteiger partial charge in [0.05, 0.1) is 11.9 Å². The summed E-state index contributed by atoms with van der Waals surface area (Å²) in [5.74, 6) is -0.530. The van der Waals surface area contributed by atoms with Gasteiger partial charge in [-0.1, -0.05) is 45.4 Å². The van der Waals surface area contributed by atoms with Crippen LogP contribution in [0.15, 0.2) is 33.9 Å². The van der Waals surface area contributed by atoms with E-state index in [1.807, 2.05) is 20.8 Å². The molecule has 0 fully saturated rings. The van der Waals surface area contributed by atoms with Gasteiger partial charge in [-0.05, 0) is 37.3 Å². The Kier molecular flexibility index (Phi) is 9.08. The molecule has 0 bridgehead atoms. The highest BCUT2D eigenvalue weighted by atomic mass is 32.2. The van der Waals surface area contributed by atoms with Crippen LogP contribution in [0.25, 0.3) is 0 Å². The molecule has 10 nitrogen and oxygen atoms in total. The highest BCUT2D eigenvalue weighted by Crippen LogP contribution is 2.24. The summed E-state index contributed by atoms with van der Waals surface area (Å²) in [6, 6.07) is 6.83. The fourth-order valence-electron chi connectivity index (χ4n) is 3.56. The van der Waals surface area contributed by atoms with Crippen molar-refractivity contribution >= 4 is 33.1 Å². The molecule has 34 heavy (non-hydrogen) atoms. The average Bonchev–Trinajstić information content (AvgIpc) is 2.73. The van der Waals surface area contributed by atoms with Crippen LogP contribution in [0.1, 0.15) is 45.6 Å². The van der Waals surface area contributed by atoms with E-state index in [9.17, 15) is 22.8 Å². The highest BCUT2D eigenvalue weighted by Gasteiger charge is 2.29. The van der Waals surface area contributed by atoms with Crippen LogP contribution in [0.3, 0.4) is 0 Å². The number of anilines is 3. The van der Waals surface area contributed by atoms with Crippen molar-refractivity contribution in [3.63, 3.8) is 0 Å². The second kappa shape index (κ2) is 11.4. The molecule has 3 N–H and O–H groups in total. The third kappa shape index (κ3) is 6.49. The van der Waals surface area contributed by atoms with E-state index in [-0.39, 0.29) is 30.5 Å². The van der Waals surface area contributed by atoms with E-state index in [1.165, 1.54) is 9.47 Å². The van der Waals surface area contributed by atoms with Gasteiger partial charge in [0, 0.05) is 13.1 Å². The first-order chi connectivity index (χ1) is 15.9. The quantitative estimate of drug-likeness (QED) is 0.491. The molecule has 188 valence electrons. The summed E-state index contributed by atoms with van der Waals surface area (Å²) >= 11 is 0. The van der Waals surface area contributed by atoms with Gasteiger partial charge >= 0.3 is 5.69 Å². The molecule has 0 aliphatic carbocycles. The Labute approximate surface area is 200 Å². The Morgan fingerprint density at radius 3 is 2.41 bits per heavy atom. The number of hydrogen-bond acceptors (Lipinski definition) is 6. The van der Waals surface area contributed by atoms with Crippen LogP contribution >= 0.6 is 0 Å². The third-order valence-corrected chi connectivity index (χ3v) is 6.64. The van der Waals surface area contributed by atoms with Crippen LogP contribution < -0.4 is 26.2 Å². The molecule has 1 amide bonds. The molecule has 0 radical (unpaired) electrons. The van der Waals surface area contributed by atoms with Gasteiger partial charge in [-0.3, -0.25) is 23.4 Å². The summed E-state index contributed by atoms with van der Waals surface area (Å²) < 4.78 is 27.5. The molecule has 0 saturated heterocycles. The lowest BCUT2D eigenvalue weighted by atomic mass is 10.1. The van der Waals surface area contributed by atoms with E-state index >= 15 is 0 Å². The number of nitrogens with one attached hydrogen (secondary N) is 1. The van der Waals surface area contributed by atoms with Crippen molar-refractivity contribution in [3.8, 4) is 0 Å². The number of nitrogen functional groups attached to an aromatic ring is 1. The molecular formula is C23H35N5O5S. The van der Waals surface area contributed by atoms with Gasteiger partial charge in [0.15, 0.2) is 5.69 Å². The van der Waals surface area contributed by atoms with E-state index in [0.717, 1.165) is 17.0 Å². The number of sulfonamides is 1. The number of nitrogens with two attached hydrogens (primary N) is 1. The summed E-state index contributed by atoms with van der Waals surface area (Å²) in [5, 5.41) is 0. The number of para-hydroxylation sites is 1. The smallest absolute Gasteiger partial charge is 0.330 e. The fourth-order valence-corrected chi connectivity index (χ4v) is 4.46. The maximum atomic E-state index is 13.5. The zero-order valence-electron chi connectivity index (χ0n) is 20.5. The maximum absolute atomic E-state index is 13.5. The number of aromatic nitrogens is 2. The number of carbonyl (C=O) groups excluding carboxylic acids is 1. The summed E-state index contributed by atoms with van der Waals surface area (Å²) in [6.07, 6.45) is 3.03. The Morgan fingerprint density at radius 1 is 1.21 bits per heavy atom. The predicted octanol–water partition coefficient (Wildman–Crippen LogP) is 2.07. The molecule has 11 heteroatoms. The minimum Gasteiger partial charge on any atom is -0.383 e. The van der Waals surface area contributed by atoms with Crippen molar-refractivity contribution in [2.45, 2.75) is 53.5 Å². The first-order valence-corrected chi connectivity index (χ1v) is 13.2. The third-order valence-electron chi connectivity index (χ3n) is 5.51. The van der Waals surface area contributed by atoms with Crippen molar-refractivity contribution < 1.29 is 13.2 Å². The fraction of sp³-hybridized carbons (Fsp3) is 0.522. The summed E-state index contributed by atoms with van der Waals surface area (Å²) in [4.78, 5) is 42.1.